The van der Waals surface area contributed by atoms with E-state index in [2.05, 4.69) is 165 Å². The zero-order valence-corrected chi connectivity index (χ0v) is 36.5. The van der Waals surface area contributed by atoms with Crippen molar-refractivity contribution in [1.82, 2.24) is 14.5 Å². The molecule has 0 N–H and O–H groups in total. The second-order valence-corrected chi connectivity index (χ2v) is 16.3. The highest BCUT2D eigenvalue weighted by Gasteiger charge is 2.19. The van der Waals surface area contributed by atoms with E-state index in [4.69, 9.17) is 23.1 Å². The molecule has 0 radical (unpaired) electrons. The smallest absolute Gasteiger partial charge is 0.198 e. The number of anilines is 3. The van der Waals surface area contributed by atoms with E-state index in [0.29, 0.717) is 45.3 Å². The van der Waals surface area contributed by atoms with E-state index in [0.717, 1.165) is 72.4 Å². The zero-order chi connectivity index (χ0) is 46.0. The fourth-order valence-corrected chi connectivity index (χ4v) is 9.07. The molecule has 7 nitrogen and oxygen atoms in total. The van der Waals surface area contributed by atoms with E-state index in [1.54, 1.807) is 12.1 Å². The topological polar surface area (TPSA) is 66.5 Å². The highest BCUT2D eigenvalue weighted by Crippen LogP contribution is 2.41. The van der Waals surface area contributed by atoms with Crippen LogP contribution in [0.5, 0.6) is 0 Å². The third-order valence-electron chi connectivity index (χ3n) is 12.3. The lowest BCUT2D eigenvalue weighted by molar-refractivity contribution is 1.18. The maximum atomic E-state index is 10.6. The van der Waals surface area contributed by atoms with Crippen LogP contribution in [0.1, 0.15) is 5.56 Å². The molecule has 2 aromatic heterocycles. The lowest BCUT2D eigenvalue weighted by atomic mass is 9.96. The van der Waals surface area contributed by atoms with Crippen LogP contribution in [-0.2, 0) is 0 Å². The number of rotatable bonds is 9. The van der Waals surface area contributed by atoms with Gasteiger partial charge in [-0.2, -0.15) is 5.26 Å². The van der Waals surface area contributed by atoms with Gasteiger partial charge < -0.3 is 9.47 Å². The van der Waals surface area contributed by atoms with Crippen molar-refractivity contribution in [3.63, 3.8) is 0 Å². The Labute approximate surface area is 394 Å². The molecular weight excluding hydrogens is 831 g/mol. The molecular formula is C61H37N7. The Morgan fingerprint density at radius 3 is 1.63 bits per heavy atom. The van der Waals surface area contributed by atoms with Crippen LogP contribution in [0.3, 0.4) is 0 Å². The second kappa shape index (κ2) is 17.6. The molecule has 7 heteroatoms. The van der Waals surface area contributed by atoms with Crippen molar-refractivity contribution in [3.8, 4) is 67.9 Å². The van der Waals surface area contributed by atoms with Crippen molar-refractivity contribution in [3.05, 3.63) is 253 Å². The quantitative estimate of drug-likeness (QED) is 0.136. The molecule has 0 amide bonds. The summed E-state index contributed by atoms with van der Waals surface area (Å²) in [7, 11) is 0. The number of fused-ring (bicyclic) bond motifs is 3. The lowest BCUT2D eigenvalue weighted by Crippen LogP contribution is -2.09. The van der Waals surface area contributed by atoms with E-state index in [1.165, 1.54) is 0 Å². The van der Waals surface area contributed by atoms with Crippen molar-refractivity contribution in [2.75, 3.05) is 4.90 Å². The van der Waals surface area contributed by atoms with Gasteiger partial charge in [0.1, 0.15) is 5.82 Å². The molecule has 0 saturated carbocycles. The van der Waals surface area contributed by atoms with Gasteiger partial charge in [-0.05, 0) is 89.0 Å². The van der Waals surface area contributed by atoms with Crippen molar-refractivity contribution in [2.45, 2.75) is 0 Å². The molecule has 0 aliphatic rings. The Morgan fingerprint density at radius 1 is 0.426 bits per heavy atom. The number of para-hydroxylation sites is 5. The first kappa shape index (κ1) is 40.9. The first-order chi connectivity index (χ1) is 33.6. The van der Waals surface area contributed by atoms with Crippen LogP contribution in [0.2, 0.25) is 0 Å². The van der Waals surface area contributed by atoms with Crippen LogP contribution in [0.4, 0.5) is 28.4 Å². The summed E-state index contributed by atoms with van der Waals surface area (Å²) < 4.78 is 2.25. The SMILES string of the molecule is [C-]#[N+]c1ccccc1-c1cc(-c2ccc(-c3ccc(-c4ccc(-n5c6ccccc6c6cc(N(c7ccccc7)c7ccccc7)ccc65)cc4C#N)cc3)cc2)nc(-c2ccccc2[N+]#[C-])n1. The minimum absolute atomic E-state index is 0.423. The normalized spacial score (nSPS) is 10.9. The van der Waals surface area contributed by atoms with Crippen LogP contribution in [-0.4, -0.2) is 14.5 Å². The van der Waals surface area contributed by atoms with Gasteiger partial charge in [-0.15, -0.1) is 0 Å². The van der Waals surface area contributed by atoms with Gasteiger partial charge in [-0.3, -0.25) is 0 Å². The van der Waals surface area contributed by atoms with Crippen molar-refractivity contribution in [2.24, 2.45) is 0 Å². The van der Waals surface area contributed by atoms with Gasteiger partial charge in [0.05, 0.1) is 47.2 Å². The first-order valence-corrected chi connectivity index (χ1v) is 22.1. The van der Waals surface area contributed by atoms with Crippen LogP contribution in [0.15, 0.2) is 224 Å². The molecule has 0 spiro atoms. The maximum Gasteiger partial charge on any atom is 0.198 e. The first-order valence-electron chi connectivity index (χ1n) is 22.1. The fourth-order valence-electron chi connectivity index (χ4n) is 9.07. The monoisotopic (exact) mass is 867 g/mol. The number of nitrogens with zero attached hydrogens (tertiary/aromatic N) is 7. The van der Waals surface area contributed by atoms with Gasteiger partial charge >= 0.3 is 0 Å². The summed E-state index contributed by atoms with van der Waals surface area (Å²) in [6.45, 7) is 15.6. The summed E-state index contributed by atoms with van der Waals surface area (Å²) in [6, 6.07) is 77.7. The Hall–Kier alpha value is -9.87. The fraction of sp³-hybridized carbons (Fsp3) is 0. The number of hydrogen-bond donors (Lipinski definition) is 0. The molecule has 2 heterocycles. The third kappa shape index (κ3) is 7.47. The molecule has 0 saturated heterocycles. The van der Waals surface area contributed by atoms with E-state index in [1.807, 2.05) is 72.8 Å². The van der Waals surface area contributed by atoms with E-state index < -0.39 is 0 Å². The summed E-state index contributed by atoms with van der Waals surface area (Å²) in [6.07, 6.45) is 0. The highest BCUT2D eigenvalue weighted by molar-refractivity contribution is 6.10. The molecule has 11 rings (SSSR count). The van der Waals surface area contributed by atoms with Crippen LogP contribution >= 0.6 is 0 Å². The minimum Gasteiger partial charge on any atom is -0.310 e. The van der Waals surface area contributed by atoms with Crippen molar-refractivity contribution in [1.29, 1.82) is 5.26 Å². The van der Waals surface area contributed by atoms with Gasteiger partial charge in [0.15, 0.2) is 11.4 Å². The van der Waals surface area contributed by atoms with Gasteiger partial charge in [-0.25, -0.2) is 19.7 Å². The van der Waals surface area contributed by atoms with Crippen LogP contribution < -0.4 is 4.90 Å². The highest BCUT2D eigenvalue weighted by atomic mass is 15.1. The number of hydrogen-bond acceptors (Lipinski definition) is 4. The Kier molecular flexibility index (Phi) is 10.6. The summed E-state index contributed by atoms with van der Waals surface area (Å²) >= 11 is 0. The van der Waals surface area contributed by atoms with Crippen LogP contribution in [0.25, 0.3) is 93.3 Å². The Morgan fingerprint density at radius 2 is 0.971 bits per heavy atom. The van der Waals surface area contributed by atoms with E-state index in [-0.39, 0.29) is 0 Å². The molecule has 9 aromatic carbocycles. The average molecular weight is 868 g/mol. The van der Waals surface area contributed by atoms with Crippen molar-refractivity contribution >= 4 is 50.2 Å². The molecule has 0 aliphatic heterocycles. The Balaban J connectivity index is 0.908. The van der Waals surface area contributed by atoms with E-state index >= 15 is 0 Å². The standard InChI is InChI=1S/C61H37N7/c1-63-55-22-12-9-20-52(55)58-39-57(65-61(66-58)53-21-10-13-23-56(53)64-2)44-31-27-42(28-32-44)41-25-29-43(30-26-41)50-35-33-48(37-45(50)40-62)68-59-24-14-11-19-51(59)54-38-49(34-36-60(54)68)67(46-15-5-3-6-16-46)47-17-7-4-8-18-47/h3-39H. The number of aromatic nitrogens is 3. The van der Waals surface area contributed by atoms with Gasteiger partial charge in [0, 0.05) is 50.2 Å². The molecule has 316 valence electrons. The predicted molar refractivity (Wildman–Crippen MR) is 275 cm³/mol. The van der Waals surface area contributed by atoms with Gasteiger partial charge in [0.25, 0.3) is 0 Å². The Bertz CT molecular complexity index is 3700. The number of nitriles is 1. The largest absolute Gasteiger partial charge is 0.310 e. The molecule has 0 atom stereocenters. The lowest BCUT2D eigenvalue weighted by Gasteiger charge is -2.25. The molecule has 0 unspecified atom stereocenters. The third-order valence-corrected chi connectivity index (χ3v) is 12.3. The molecule has 0 fully saturated rings. The molecule has 68 heavy (non-hydrogen) atoms. The second-order valence-electron chi connectivity index (χ2n) is 16.3. The van der Waals surface area contributed by atoms with Crippen LogP contribution in [0, 0.1) is 24.5 Å². The number of benzene rings is 9. The van der Waals surface area contributed by atoms with E-state index in [9.17, 15) is 5.26 Å². The van der Waals surface area contributed by atoms with Gasteiger partial charge in [-0.1, -0.05) is 158 Å². The van der Waals surface area contributed by atoms with Gasteiger partial charge in [0.2, 0.25) is 0 Å². The summed E-state index contributed by atoms with van der Waals surface area (Å²) in [5, 5.41) is 12.9. The summed E-state index contributed by atoms with van der Waals surface area (Å²) in [5.74, 6) is 0.423. The predicted octanol–water partition coefficient (Wildman–Crippen LogP) is 16.4. The van der Waals surface area contributed by atoms with Crippen molar-refractivity contribution < 1.29 is 0 Å². The molecule has 0 aliphatic carbocycles. The zero-order valence-electron chi connectivity index (χ0n) is 36.5. The summed E-state index contributed by atoms with van der Waals surface area (Å²) in [4.78, 5) is 19.6. The molecule has 11 aromatic rings. The molecule has 0 bridgehead atoms. The maximum absolute atomic E-state index is 10.6. The summed E-state index contributed by atoms with van der Waals surface area (Å²) in [5.41, 5.74) is 15.1. The minimum atomic E-state index is 0.423. The average Bonchev–Trinajstić information content (AvgIpc) is 3.75.